The summed E-state index contributed by atoms with van der Waals surface area (Å²) in [4.78, 5) is 13.7. The molecule has 0 spiro atoms. The lowest BCUT2D eigenvalue weighted by molar-refractivity contribution is -0.156. The first kappa shape index (κ1) is 13.8. The van der Waals surface area contributed by atoms with Gasteiger partial charge < -0.3 is 14.6 Å². The zero-order chi connectivity index (χ0) is 13.0. The number of β-amino-alcohol motifs (C(OH)–C–C–N with tert-alkyl or cyclic N) is 1. The van der Waals surface area contributed by atoms with Crippen LogP contribution >= 0.6 is 0 Å². The minimum absolute atomic E-state index is 0.269. The van der Waals surface area contributed by atoms with Crippen molar-refractivity contribution in [3.05, 3.63) is 0 Å². The highest BCUT2D eigenvalue weighted by Gasteiger charge is 2.37. The van der Waals surface area contributed by atoms with Gasteiger partial charge in [-0.2, -0.15) is 0 Å². The Balaban J connectivity index is 1.98. The van der Waals surface area contributed by atoms with E-state index >= 15 is 0 Å². The van der Waals surface area contributed by atoms with Gasteiger partial charge in [0.2, 0.25) is 0 Å². The third-order valence-corrected chi connectivity index (χ3v) is 3.99. The smallest absolute Gasteiger partial charge is 0.325 e. The van der Waals surface area contributed by atoms with Gasteiger partial charge in [-0.15, -0.1) is 0 Å². The summed E-state index contributed by atoms with van der Waals surface area (Å²) < 4.78 is 10.1. The van der Waals surface area contributed by atoms with Crippen LogP contribution in [0.4, 0.5) is 0 Å². The first-order valence-corrected chi connectivity index (χ1v) is 6.77. The van der Waals surface area contributed by atoms with Crippen LogP contribution in [0.3, 0.4) is 0 Å². The van der Waals surface area contributed by atoms with Crippen LogP contribution in [-0.2, 0) is 14.3 Å². The largest absolute Gasteiger partial charge is 0.468 e. The molecule has 2 fully saturated rings. The minimum Gasteiger partial charge on any atom is -0.468 e. The van der Waals surface area contributed by atoms with E-state index in [9.17, 15) is 9.90 Å². The Labute approximate surface area is 108 Å². The zero-order valence-electron chi connectivity index (χ0n) is 11.1. The molecule has 1 aliphatic carbocycles. The molecule has 2 rings (SSSR count). The Kier molecular flexibility index (Phi) is 4.59. The van der Waals surface area contributed by atoms with E-state index in [0.29, 0.717) is 26.3 Å². The van der Waals surface area contributed by atoms with Crippen LogP contribution in [0.1, 0.15) is 32.1 Å². The molecule has 1 unspecified atom stereocenters. The lowest BCUT2D eigenvalue weighted by Gasteiger charge is -2.41. The molecular formula is C13H23NO4. The molecule has 0 aromatic rings. The Morgan fingerprint density at radius 3 is 2.83 bits per heavy atom. The number of carbonyl (C=O) groups is 1. The van der Waals surface area contributed by atoms with Crippen molar-refractivity contribution in [2.75, 3.05) is 33.4 Å². The van der Waals surface area contributed by atoms with Gasteiger partial charge in [0.15, 0.2) is 0 Å². The molecule has 0 radical (unpaired) electrons. The molecule has 0 aromatic heterocycles. The Morgan fingerprint density at radius 2 is 2.17 bits per heavy atom. The molecule has 5 nitrogen and oxygen atoms in total. The van der Waals surface area contributed by atoms with E-state index in [1.807, 2.05) is 4.90 Å². The number of esters is 1. The molecule has 1 N–H and O–H groups in total. The monoisotopic (exact) mass is 257 g/mol. The standard InChI is InChI=1S/C13H23NO4/c1-17-12(15)11-9-18-8-7-14(11)10-13(16)5-3-2-4-6-13/h11,16H,2-10H2,1H3. The van der Waals surface area contributed by atoms with Gasteiger partial charge in [-0.05, 0) is 12.8 Å². The average Bonchev–Trinajstić information content (AvgIpc) is 2.39. The second kappa shape index (κ2) is 5.99. The van der Waals surface area contributed by atoms with Crippen molar-refractivity contribution in [3.8, 4) is 0 Å². The molecule has 0 bridgehead atoms. The summed E-state index contributed by atoms with van der Waals surface area (Å²) in [6.45, 7) is 2.21. The molecule has 1 saturated heterocycles. The number of aliphatic hydroxyl groups is 1. The molecule has 0 aromatic carbocycles. The molecule has 0 amide bonds. The number of ether oxygens (including phenoxy) is 2. The van der Waals surface area contributed by atoms with E-state index in [2.05, 4.69) is 0 Å². The average molecular weight is 257 g/mol. The summed E-state index contributed by atoms with van der Waals surface area (Å²) in [6.07, 6.45) is 5.01. The fourth-order valence-corrected chi connectivity index (χ4v) is 2.93. The molecule has 1 atom stereocenters. The Hall–Kier alpha value is -0.650. The zero-order valence-corrected chi connectivity index (χ0v) is 11.1. The minimum atomic E-state index is -0.637. The van der Waals surface area contributed by atoms with Crippen LogP contribution in [0.25, 0.3) is 0 Å². The normalized spacial score (nSPS) is 28.9. The fourth-order valence-electron chi connectivity index (χ4n) is 2.93. The molecular weight excluding hydrogens is 234 g/mol. The highest BCUT2D eigenvalue weighted by atomic mass is 16.5. The van der Waals surface area contributed by atoms with Crippen molar-refractivity contribution < 1.29 is 19.4 Å². The Morgan fingerprint density at radius 1 is 1.44 bits per heavy atom. The quantitative estimate of drug-likeness (QED) is 0.748. The van der Waals surface area contributed by atoms with Crippen molar-refractivity contribution in [2.24, 2.45) is 0 Å². The predicted molar refractivity (Wildman–Crippen MR) is 66.2 cm³/mol. The van der Waals surface area contributed by atoms with Crippen molar-refractivity contribution in [1.82, 2.24) is 4.90 Å². The predicted octanol–water partition coefficient (Wildman–Crippen LogP) is 0.555. The molecule has 1 aliphatic heterocycles. The van der Waals surface area contributed by atoms with E-state index in [0.717, 1.165) is 25.7 Å². The van der Waals surface area contributed by atoms with E-state index in [1.165, 1.54) is 13.5 Å². The lowest BCUT2D eigenvalue weighted by Crippen LogP contribution is -2.56. The van der Waals surface area contributed by atoms with Crippen LogP contribution in [0.15, 0.2) is 0 Å². The number of rotatable bonds is 3. The van der Waals surface area contributed by atoms with Crippen LogP contribution in [-0.4, -0.2) is 61.0 Å². The maximum atomic E-state index is 11.7. The first-order chi connectivity index (χ1) is 8.64. The van der Waals surface area contributed by atoms with E-state index in [-0.39, 0.29) is 12.0 Å². The summed E-state index contributed by atoms with van der Waals surface area (Å²) in [5.74, 6) is -0.269. The number of morpholine rings is 1. The van der Waals surface area contributed by atoms with Crippen molar-refractivity contribution in [1.29, 1.82) is 0 Å². The lowest BCUT2D eigenvalue weighted by atomic mass is 9.84. The van der Waals surface area contributed by atoms with Gasteiger partial charge in [0.05, 0.1) is 25.9 Å². The number of methoxy groups -OCH3 is 1. The van der Waals surface area contributed by atoms with Gasteiger partial charge in [-0.1, -0.05) is 19.3 Å². The number of nitrogens with zero attached hydrogens (tertiary/aromatic N) is 1. The SMILES string of the molecule is COC(=O)C1COCCN1CC1(O)CCCCC1. The van der Waals surface area contributed by atoms with Crippen LogP contribution in [0.5, 0.6) is 0 Å². The summed E-state index contributed by atoms with van der Waals surface area (Å²) in [5.41, 5.74) is -0.637. The second-order valence-corrected chi connectivity index (χ2v) is 5.37. The van der Waals surface area contributed by atoms with Gasteiger partial charge in [0.1, 0.15) is 6.04 Å². The van der Waals surface area contributed by atoms with E-state index in [1.54, 1.807) is 0 Å². The third-order valence-electron chi connectivity index (χ3n) is 3.99. The number of carbonyl (C=O) groups excluding carboxylic acids is 1. The fraction of sp³-hybridized carbons (Fsp3) is 0.923. The van der Waals surface area contributed by atoms with Gasteiger partial charge in [-0.25, -0.2) is 0 Å². The maximum Gasteiger partial charge on any atom is 0.325 e. The maximum absolute atomic E-state index is 11.7. The third kappa shape index (κ3) is 3.22. The van der Waals surface area contributed by atoms with Crippen LogP contribution < -0.4 is 0 Å². The van der Waals surface area contributed by atoms with Gasteiger partial charge >= 0.3 is 5.97 Å². The molecule has 2 aliphatic rings. The number of hydrogen-bond acceptors (Lipinski definition) is 5. The van der Waals surface area contributed by atoms with Gasteiger partial charge in [0, 0.05) is 13.1 Å². The molecule has 5 heteroatoms. The topological polar surface area (TPSA) is 59.0 Å². The summed E-state index contributed by atoms with van der Waals surface area (Å²) in [7, 11) is 1.39. The summed E-state index contributed by atoms with van der Waals surface area (Å²) in [6, 6.07) is -0.366. The summed E-state index contributed by atoms with van der Waals surface area (Å²) in [5, 5.41) is 10.6. The van der Waals surface area contributed by atoms with Crippen LogP contribution in [0.2, 0.25) is 0 Å². The highest BCUT2D eigenvalue weighted by molar-refractivity contribution is 5.75. The van der Waals surface area contributed by atoms with Crippen LogP contribution in [0, 0.1) is 0 Å². The first-order valence-electron chi connectivity index (χ1n) is 6.77. The second-order valence-electron chi connectivity index (χ2n) is 5.37. The van der Waals surface area contributed by atoms with Gasteiger partial charge in [0.25, 0.3) is 0 Å². The van der Waals surface area contributed by atoms with Crippen molar-refractivity contribution in [2.45, 2.75) is 43.7 Å². The number of hydrogen-bond donors (Lipinski definition) is 1. The molecule has 18 heavy (non-hydrogen) atoms. The van der Waals surface area contributed by atoms with E-state index in [4.69, 9.17) is 9.47 Å². The molecule has 1 heterocycles. The van der Waals surface area contributed by atoms with Gasteiger partial charge in [-0.3, -0.25) is 9.69 Å². The molecule has 104 valence electrons. The highest BCUT2D eigenvalue weighted by Crippen LogP contribution is 2.29. The van der Waals surface area contributed by atoms with Crippen molar-refractivity contribution >= 4 is 5.97 Å². The van der Waals surface area contributed by atoms with E-state index < -0.39 is 5.60 Å². The summed E-state index contributed by atoms with van der Waals surface area (Å²) >= 11 is 0. The van der Waals surface area contributed by atoms with Crippen molar-refractivity contribution in [3.63, 3.8) is 0 Å². The Bertz CT molecular complexity index is 289. The molecule has 1 saturated carbocycles.